The van der Waals surface area contributed by atoms with E-state index >= 15 is 0 Å². The first-order chi connectivity index (χ1) is 3.31. The standard InChI is InChI=1S/C5H10NO/c1-3-4-6(2)5-7/h5H,2-4H2,1H3. The zero-order valence-electron chi connectivity index (χ0n) is 4.55. The summed E-state index contributed by atoms with van der Waals surface area (Å²) in [7, 11) is 3.41. The molecule has 0 aromatic carbocycles. The zero-order chi connectivity index (χ0) is 5.70. The Kier molecular flexibility index (Phi) is 3.38. The summed E-state index contributed by atoms with van der Waals surface area (Å²) in [6, 6.07) is 0. The van der Waals surface area contributed by atoms with Gasteiger partial charge in [-0.15, -0.1) is 0 Å². The Balaban J connectivity index is 2.98. The third-order valence-electron chi connectivity index (χ3n) is 0.660. The number of hydrogen-bond acceptors (Lipinski definition) is 1. The topological polar surface area (TPSA) is 20.3 Å². The van der Waals surface area contributed by atoms with E-state index in [9.17, 15) is 4.79 Å². The van der Waals surface area contributed by atoms with Crippen LogP contribution < -0.4 is 0 Å². The van der Waals surface area contributed by atoms with Gasteiger partial charge >= 0.3 is 0 Å². The fourth-order valence-corrected chi connectivity index (χ4v) is 0.340. The van der Waals surface area contributed by atoms with Gasteiger partial charge in [0.1, 0.15) is 0 Å². The molecule has 0 aliphatic rings. The minimum Gasteiger partial charge on any atom is -0.344 e. The molecule has 0 aromatic rings. The number of nitrogens with zero attached hydrogens (tertiary/aromatic N) is 1. The molecule has 2 heteroatoms. The molecule has 2 nitrogen and oxygen atoms in total. The van der Waals surface area contributed by atoms with E-state index in [0.717, 1.165) is 19.4 Å². The lowest BCUT2D eigenvalue weighted by atomic mass is 10.5. The van der Waals surface area contributed by atoms with Gasteiger partial charge in [-0.1, -0.05) is 6.92 Å². The Bertz CT molecular complexity index is 54.0. The number of rotatable bonds is 3. The monoisotopic (exact) mass is 100 g/mol. The molecule has 0 spiro atoms. The van der Waals surface area contributed by atoms with Crippen molar-refractivity contribution in [2.24, 2.45) is 0 Å². The quantitative estimate of drug-likeness (QED) is 0.477. The second kappa shape index (κ2) is 3.65. The molecular weight excluding hydrogens is 90.1 g/mol. The largest absolute Gasteiger partial charge is 0.344 e. The van der Waals surface area contributed by atoms with Gasteiger partial charge in [-0.3, -0.25) is 4.79 Å². The lowest BCUT2D eigenvalue weighted by molar-refractivity contribution is -0.116. The first-order valence-corrected chi connectivity index (χ1v) is 2.33. The average Bonchev–Trinajstić information content (AvgIpc) is 1.68. The molecular formula is C5H10NO. The van der Waals surface area contributed by atoms with E-state index in [1.54, 1.807) is 0 Å². The van der Waals surface area contributed by atoms with Gasteiger partial charge in [-0.05, 0) is 6.42 Å². The van der Waals surface area contributed by atoms with E-state index in [-0.39, 0.29) is 0 Å². The van der Waals surface area contributed by atoms with Crippen LogP contribution in [-0.4, -0.2) is 17.9 Å². The third kappa shape index (κ3) is 3.30. The molecule has 0 aliphatic heterocycles. The average molecular weight is 100 g/mol. The maximum Gasteiger partial charge on any atom is 0.209 e. The van der Waals surface area contributed by atoms with Crippen molar-refractivity contribution in [1.82, 2.24) is 4.90 Å². The first-order valence-electron chi connectivity index (χ1n) is 2.33. The van der Waals surface area contributed by atoms with Gasteiger partial charge < -0.3 is 4.90 Å². The highest BCUT2D eigenvalue weighted by Gasteiger charge is 1.85. The summed E-state index contributed by atoms with van der Waals surface area (Å²) in [5.74, 6) is 0. The van der Waals surface area contributed by atoms with E-state index in [1.165, 1.54) is 4.90 Å². The predicted molar refractivity (Wildman–Crippen MR) is 28.4 cm³/mol. The zero-order valence-corrected chi connectivity index (χ0v) is 4.55. The summed E-state index contributed by atoms with van der Waals surface area (Å²) < 4.78 is 0. The van der Waals surface area contributed by atoms with Crippen molar-refractivity contribution >= 4 is 6.41 Å². The molecule has 0 N–H and O–H groups in total. The summed E-state index contributed by atoms with van der Waals surface area (Å²) in [6.45, 7) is 2.76. The van der Waals surface area contributed by atoms with Gasteiger partial charge in [-0.25, -0.2) is 0 Å². The Morgan fingerprint density at radius 1 is 1.86 bits per heavy atom. The van der Waals surface area contributed by atoms with Gasteiger partial charge in [-0.2, -0.15) is 0 Å². The van der Waals surface area contributed by atoms with Gasteiger partial charge in [0.2, 0.25) is 6.41 Å². The van der Waals surface area contributed by atoms with Crippen molar-refractivity contribution in [3.63, 3.8) is 0 Å². The van der Waals surface area contributed by atoms with Crippen LogP contribution in [0.5, 0.6) is 0 Å². The maximum atomic E-state index is 9.76. The van der Waals surface area contributed by atoms with Crippen LogP contribution in [-0.2, 0) is 4.79 Å². The van der Waals surface area contributed by atoms with Crippen LogP contribution in [0.1, 0.15) is 13.3 Å². The molecule has 0 aliphatic carbocycles. The Morgan fingerprint density at radius 3 is 2.57 bits per heavy atom. The first kappa shape index (κ1) is 6.47. The smallest absolute Gasteiger partial charge is 0.209 e. The van der Waals surface area contributed by atoms with Crippen molar-refractivity contribution in [3.05, 3.63) is 7.05 Å². The van der Waals surface area contributed by atoms with E-state index in [0.29, 0.717) is 0 Å². The molecule has 0 saturated carbocycles. The number of carbonyl (C=O) groups is 1. The van der Waals surface area contributed by atoms with Crippen molar-refractivity contribution < 1.29 is 4.79 Å². The van der Waals surface area contributed by atoms with Crippen LogP contribution in [0.4, 0.5) is 0 Å². The molecule has 0 aromatic heterocycles. The van der Waals surface area contributed by atoms with Crippen molar-refractivity contribution in [1.29, 1.82) is 0 Å². The highest BCUT2D eigenvalue weighted by atomic mass is 16.1. The van der Waals surface area contributed by atoms with Crippen molar-refractivity contribution in [3.8, 4) is 0 Å². The van der Waals surface area contributed by atoms with E-state index in [4.69, 9.17) is 0 Å². The highest BCUT2D eigenvalue weighted by molar-refractivity contribution is 5.46. The summed E-state index contributed by atoms with van der Waals surface area (Å²) in [6.07, 6.45) is 1.70. The fourth-order valence-electron chi connectivity index (χ4n) is 0.340. The van der Waals surface area contributed by atoms with Crippen LogP contribution in [0, 0.1) is 7.05 Å². The molecule has 0 heterocycles. The summed E-state index contributed by atoms with van der Waals surface area (Å²) in [5.41, 5.74) is 0. The molecule has 41 valence electrons. The Morgan fingerprint density at radius 2 is 2.43 bits per heavy atom. The normalized spacial score (nSPS) is 8.29. The summed E-state index contributed by atoms with van der Waals surface area (Å²) >= 11 is 0. The van der Waals surface area contributed by atoms with Crippen molar-refractivity contribution in [2.75, 3.05) is 6.54 Å². The number of amides is 1. The molecule has 1 radical (unpaired) electrons. The fraction of sp³-hybridized carbons (Fsp3) is 0.600. The molecule has 0 saturated heterocycles. The predicted octanol–water partition coefficient (Wildman–Crippen LogP) is 0.646. The van der Waals surface area contributed by atoms with Crippen LogP contribution in [0.25, 0.3) is 0 Å². The highest BCUT2D eigenvalue weighted by Crippen LogP contribution is 1.79. The van der Waals surface area contributed by atoms with Gasteiger partial charge in [0, 0.05) is 13.6 Å². The third-order valence-corrected chi connectivity index (χ3v) is 0.660. The molecule has 0 bridgehead atoms. The van der Waals surface area contributed by atoms with E-state index < -0.39 is 0 Å². The number of carbonyl (C=O) groups excluding carboxylic acids is 1. The van der Waals surface area contributed by atoms with Crippen LogP contribution in [0.3, 0.4) is 0 Å². The minimum absolute atomic E-state index is 0.726. The van der Waals surface area contributed by atoms with Gasteiger partial charge in [0.25, 0.3) is 0 Å². The van der Waals surface area contributed by atoms with E-state index in [2.05, 4.69) is 7.05 Å². The summed E-state index contributed by atoms with van der Waals surface area (Å²) in [4.78, 5) is 11.1. The molecule has 0 unspecified atom stereocenters. The van der Waals surface area contributed by atoms with E-state index in [1.807, 2.05) is 6.92 Å². The number of hydrogen-bond donors (Lipinski definition) is 0. The van der Waals surface area contributed by atoms with Crippen molar-refractivity contribution in [2.45, 2.75) is 13.3 Å². The maximum absolute atomic E-state index is 9.76. The minimum atomic E-state index is 0.726. The molecule has 7 heavy (non-hydrogen) atoms. The lowest BCUT2D eigenvalue weighted by Crippen LogP contribution is -2.12. The second-order valence-corrected chi connectivity index (χ2v) is 1.42. The van der Waals surface area contributed by atoms with Gasteiger partial charge in [0.15, 0.2) is 0 Å². The van der Waals surface area contributed by atoms with Crippen LogP contribution >= 0.6 is 0 Å². The molecule has 0 fully saturated rings. The van der Waals surface area contributed by atoms with Crippen LogP contribution in [0.15, 0.2) is 0 Å². The summed E-state index contributed by atoms with van der Waals surface area (Å²) in [5, 5.41) is 0. The SMILES string of the molecule is [CH2]N(C=O)CCC. The molecule has 0 atom stereocenters. The van der Waals surface area contributed by atoms with Gasteiger partial charge in [0.05, 0.1) is 0 Å². The molecule has 1 amide bonds. The Hall–Kier alpha value is -0.530. The second-order valence-electron chi connectivity index (χ2n) is 1.42. The lowest BCUT2D eigenvalue weighted by Gasteiger charge is -2.04. The molecule has 0 rings (SSSR count). The Labute approximate surface area is 44.1 Å². The van der Waals surface area contributed by atoms with Crippen LogP contribution in [0.2, 0.25) is 0 Å².